The predicted molar refractivity (Wildman–Crippen MR) is 121 cm³/mol. The third-order valence-electron chi connectivity index (χ3n) is 12.2. The number of aliphatic hydroxyl groups is 1. The van der Waals surface area contributed by atoms with Gasteiger partial charge in [-0.1, -0.05) is 6.92 Å². The van der Waals surface area contributed by atoms with Crippen LogP contribution in [0.2, 0.25) is 0 Å². The number of piperidine rings is 1. The van der Waals surface area contributed by atoms with Crippen LogP contribution in [0.1, 0.15) is 32.6 Å². The van der Waals surface area contributed by atoms with Gasteiger partial charge in [0.15, 0.2) is 0 Å². The Morgan fingerprint density at radius 1 is 1.09 bits per heavy atom. The molecule has 0 amide bonds. The maximum Gasteiger partial charge on any atom is 0.139 e. The van der Waals surface area contributed by atoms with Gasteiger partial charge < -0.3 is 33.5 Å². The van der Waals surface area contributed by atoms with Gasteiger partial charge in [-0.15, -0.1) is 0 Å². The zero-order valence-corrected chi connectivity index (χ0v) is 21.4. The Hall–Kier alpha value is -0.320. The first-order valence-electron chi connectivity index (χ1n) is 13.2. The van der Waals surface area contributed by atoms with Crippen LogP contribution < -0.4 is 0 Å². The first-order chi connectivity index (χ1) is 16.4. The molecule has 5 saturated carbocycles. The average Bonchev–Trinajstić information content (AvgIpc) is 3.31. The Kier molecular flexibility index (Phi) is 4.67. The average molecular weight is 480 g/mol. The van der Waals surface area contributed by atoms with Gasteiger partial charge in [0.05, 0.1) is 37.1 Å². The lowest BCUT2D eigenvalue weighted by Gasteiger charge is -2.76. The smallest absolute Gasteiger partial charge is 0.139 e. The number of rotatable bonds is 7. The second-order valence-corrected chi connectivity index (χ2v) is 12.2. The van der Waals surface area contributed by atoms with Crippen LogP contribution in [-0.4, -0.2) is 107 Å². The van der Waals surface area contributed by atoms with E-state index in [2.05, 4.69) is 11.8 Å². The molecule has 1 N–H and O–H groups in total. The monoisotopic (exact) mass is 479 g/mol. The zero-order valence-electron chi connectivity index (χ0n) is 21.4. The van der Waals surface area contributed by atoms with Gasteiger partial charge in [-0.25, -0.2) is 0 Å². The molecule has 4 aliphatic heterocycles. The van der Waals surface area contributed by atoms with Gasteiger partial charge in [0.1, 0.15) is 17.4 Å². The number of hydrogen-bond acceptors (Lipinski definition) is 8. The summed E-state index contributed by atoms with van der Waals surface area (Å²) in [5.41, 5.74) is -2.39. The van der Waals surface area contributed by atoms with Crippen LogP contribution in [-0.2, 0) is 28.4 Å². The summed E-state index contributed by atoms with van der Waals surface area (Å²) in [6.07, 6.45) is 3.30. The van der Waals surface area contributed by atoms with Gasteiger partial charge in [-0.3, -0.25) is 4.90 Å². The summed E-state index contributed by atoms with van der Waals surface area (Å²) in [5.74, 6) is 0.680. The minimum Gasteiger partial charge on any atom is -0.386 e. The van der Waals surface area contributed by atoms with Gasteiger partial charge in [-0.2, -0.15) is 0 Å². The molecule has 5 aliphatic carbocycles. The number of likely N-dealkylation sites (N-methyl/N-ethyl adjacent to an activating group) is 1. The molecule has 8 nitrogen and oxygen atoms in total. The first-order valence-corrected chi connectivity index (χ1v) is 13.2. The Morgan fingerprint density at radius 3 is 2.50 bits per heavy atom. The van der Waals surface area contributed by atoms with Gasteiger partial charge in [-0.05, 0) is 31.7 Å². The molecule has 14 atom stereocenters. The third kappa shape index (κ3) is 1.92. The van der Waals surface area contributed by atoms with Crippen molar-refractivity contribution in [2.24, 2.45) is 34.5 Å². The first kappa shape index (κ1) is 22.8. The van der Waals surface area contributed by atoms with E-state index < -0.39 is 11.2 Å². The Morgan fingerprint density at radius 2 is 1.88 bits per heavy atom. The summed E-state index contributed by atoms with van der Waals surface area (Å²) in [4.78, 5) is 2.52. The number of ether oxygens (including phenoxy) is 6. The fraction of sp³-hybridized carbons (Fsp3) is 1.00. The fourth-order valence-electron chi connectivity index (χ4n) is 11.9. The van der Waals surface area contributed by atoms with Crippen molar-refractivity contribution >= 4 is 0 Å². The Bertz CT molecular complexity index is 870. The molecule has 192 valence electrons. The van der Waals surface area contributed by atoms with Crippen molar-refractivity contribution in [3.8, 4) is 0 Å². The van der Waals surface area contributed by atoms with Crippen molar-refractivity contribution in [1.82, 2.24) is 4.90 Å². The SMILES string of the molecule is CCN1[C@H]2O[C@H]3CC[C@]2(COC)[C@H]2[C@H](OC)[C@@]4(OC)[C@H]1[C@@]32[C@@H]1C[C@H]2[C@H](OC)[C@@H]1[C@]4(O)C[C@@H]2OC. The van der Waals surface area contributed by atoms with Gasteiger partial charge >= 0.3 is 0 Å². The van der Waals surface area contributed by atoms with Gasteiger partial charge in [0, 0.05) is 70.6 Å². The fourth-order valence-corrected chi connectivity index (χ4v) is 11.9. The normalized spacial score (nSPS) is 62.6. The maximum atomic E-state index is 13.1. The maximum absolute atomic E-state index is 13.1. The summed E-state index contributed by atoms with van der Waals surface area (Å²) < 4.78 is 38.5. The van der Waals surface area contributed by atoms with E-state index in [4.69, 9.17) is 28.4 Å². The van der Waals surface area contributed by atoms with E-state index in [1.165, 1.54) is 0 Å². The van der Waals surface area contributed by atoms with Crippen molar-refractivity contribution < 1.29 is 33.5 Å². The van der Waals surface area contributed by atoms with Gasteiger partial charge in [0.25, 0.3) is 0 Å². The Labute approximate surface area is 202 Å². The lowest BCUT2D eigenvalue weighted by atomic mass is 9.41. The molecule has 9 aliphatic rings. The van der Waals surface area contributed by atoms with Crippen LogP contribution in [0.25, 0.3) is 0 Å². The lowest BCUT2D eigenvalue weighted by Crippen LogP contribution is -2.87. The van der Waals surface area contributed by atoms with E-state index in [1.54, 1.807) is 21.3 Å². The summed E-state index contributed by atoms with van der Waals surface area (Å²) in [6, 6.07) is 0.0251. The second kappa shape index (κ2) is 6.95. The third-order valence-corrected chi connectivity index (χ3v) is 12.2. The molecule has 0 unspecified atom stereocenters. The van der Waals surface area contributed by atoms with E-state index >= 15 is 0 Å². The number of methoxy groups -OCH3 is 5. The molecular formula is C26H41NO7. The highest BCUT2D eigenvalue weighted by Gasteiger charge is 2.95. The minimum atomic E-state index is -1.13. The summed E-state index contributed by atoms with van der Waals surface area (Å²) >= 11 is 0. The van der Waals surface area contributed by atoms with Crippen LogP contribution in [0.5, 0.6) is 0 Å². The molecule has 1 spiro atoms. The van der Waals surface area contributed by atoms with Crippen LogP contribution in [0.4, 0.5) is 0 Å². The second-order valence-electron chi connectivity index (χ2n) is 12.2. The summed E-state index contributed by atoms with van der Waals surface area (Å²) in [6.45, 7) is 3.68. The van der Waals surface area contributed by atoms with Crippen LogP contribution >= 0.6 is 0 Å². The highest BCUT2D eigenvalue weighted by Crippen LogP contribution is 2.84. The topological polar surface area (TPSA) is 78.9 Å². The highest BCUT2D eigenvalue weighted by atomic mass is 16.6. The molecule has 9 fully saturated rings. The predicted octanol–water partition coefficient (Wildman–Crippen LogP) is 1.29. The van der Waals surface area contributed by atoms with E-state index in [9.17, 15) is 5.11 Å². The van der Waals surface area contributed by atoms with Crippen LogP contribution in [0.15, 0.2) is 0 Å². The molecule has 0 aromatic carbocycles. The largest absolute Gasteiger partial charge is 0.386 e. The van der Waals surface area contributed by atoms with Crippen molar-refractivity contribution in [2.75, 3.05) is 48.7 Å². The minimum absolute atomic E-state index is 0.0251. The molecular weight excluding hydrogens is 438 g/mol. The molecule has 0 aromatic rings. The molecule has 0 aromatic heterocycles. The van der Waals surface area contributed by atoms with E-state index in [-0.39, 0.29) is 71.2 Å². The van der Waals surface area contributed by atoms with E-state index in [0.29, 0.717) is 13.0 Å². The van der Waals surface area contributed by atoms with Crippen molar-refractivity contribution in [3.63, 3.8) is 0 Å². The zero-order chi connectivity index (χ0) is 23.8. The molecule has 8 heteroatoms. The quantitative estimate of drug-likeness (QED) is 0.585. The summed E-state index contributed by atoms with van der Waals surface area (Å²) in [7, 11) is 8.97. The van der Waals surface area contributed by atoms with E-state index in [1.807, 2.05) is 14.2 Å². The molecule has 9 bridgehead atoms. The molecule has 4 heterocycles. The number of fused-ring (bicyclic) bond motifs is 3. The van der Waals surface area contributed by atoms with Crippen molar-refractivity contribution in [3.05, 3.63) is 0 Å². The lowest BCUT2D eigenvalue weighted by molar-refractivity contribution is -0.412. The Balaban J connectivity index is 1.56. The van der Waals surface area contributed by atoms with Crippen molar-refractivity contribution in [1.29, 1.82) is 0 Å². The van der Waals surface area contributed by atoms with E-state index in [0.717, 1.165) is 25.8 Å². The van der Waals surface area contributed by atoms with Crippen molar-refractivity contribution in [2.45, 2.75) is 80.5 Å². The number of hydrogen-bond donors (Lipinski definition) is 1. The van der Waals surface area contributed by atoms with Crippen LogP contribution in [0.3, 0.4) is 0 Å². The molecule has 34 heavy (non-hydrogen) atoms. The standard InChI is InChI=1S/C26H41NO7/c1-7-27-21-25-14-10-13-15(30-3)11-24(28,17(14)18(13)31-4)26(21,33-6)20(32-5)19(25)23(12-29-2)9-8-16(25)34-22(23)27/h13-22,28H,7-12H2,1-6H3/t13-,14-,15+,16+,17-,18+,19-,20+,21-,22+,23+,24-,25+,26-/m1/s1. The molecule has 0 radical (unpaired) electrons. The number of nitrogens with zero attached hydrogens (tertiary/aromatic N) is 1. The summed E-state index contributed by atoms with van der Waals surface area (Å²) in [5, 5.41) is 13.1. The van der Waals surface area contributed by atoms with Crippen LogP contribution in [0, 0.1) is 34.5 Å². The van der Waals surface area contributed by atoms with Gasteiger partial charge in [0.2, 0.25) is 0 Å². The molecule has 9 rings (SSSR count). The molecule has 4 saturated heterocycles. The highest BCUT2D eigenvalue weighted by molar-refractivity contribution is 5.43.